The minimum atomic E-state index is 0.181. The zero-order valence-electron chi connectivity index (χ0n) is 12.3. The molecular formula is C17H18ClN3O. The summed E-state index contributed by atoms with van der Waals surface area (Å²) in [7, 11) is 0. The van der Waals surface area contributed by atoms with Crippen molar-refractivity contribution in [1.29, 1.82) is 0 Å². The van der Waals surface area contributed by atoms with E-state index in [1.165, 1.54) is 0 Å². The molecule has 0 radical (unpaired) electrons. The van der Waals surface area contributed by atoms with Crippen LogP contribution < -0.4 is 0 Å². The molecule has 5 heteroatoms. The van der Waals surface area contributed by atoms with Crippen LogP contribution in [0, 0.1) is 0 Å². The third-order valence-corrected chi connectivity index (χ3v) is 4.44. The van der Waals surface area contributed by atoms with E-state index in [0.717, 1.165) is 35.8 Å². The molecule has 2 heterocycles. The van der Waals surface area contributed by atoms with Gasteiger partial charge < -0.3 is 4.90 Å². The summed E-state index contributed by atoms with van der Waals surface area (Å²) in [5.41, 5.74) is 2.01. The molecule has 114 valence electrons. The van der Waals surface area contributed by atoms with Gasteiger partial charge in [0.05, 0.1) is 5.69 Å². The van der Waals surface area contributed by atoms with Gasteiger partial charge in [-0.15, -0.1) is 0 Å². The van der Waals surface area contributed by atoms with Crippen molar-refractivity contribution in [2.75, 3.05) is 13.1 Å². The Kier molecular flexibility index (Phi) is 4.68. The minimum absolute atomic E-state index is 0.181. The summed E-state index contributed by atoms with van der Waals surface area (Å²) < 4.78 is 0. The molecule has 1 aliphatic rings. The molecule has 1 aromatic carbocycles. The van der Waals surface area contributed by atoms with E-state index in [9.17, 15) is 4.79 Å². The van der Waals surface area contributed by atoms with Crippen LogP contribution in [0.25, 0.3) is 0 Å². The molecule has 0 N–H and O–H groups in total. The van der Waals surface area contributed by atoms with Crippen LogP contribution in [0.4, 0.5) is 0 Å². The molecule has 1 amide bonds. The number of nitrogens with zero attached hydrogens (tertiary/aromatic N) is 3. The van der Waals surface area contributed by atoms with E-state index < -0.39 is 0 Å². The topological polar surface area (TPSA) is 46.1 Å². The normalized spacial score (nSPS) is 17.7. The van der Waals surface area contributed by atoms with Crippen molar-refractivity contribution in [3.05, 3.63) is 59.1 Å². The van der Waals surface area contributed by atoms with E-state index in [1.54, 1.807) is 18.6 Å². The summed E-state index contributed by atoms with van der Waals surface area (Å²) in [6, 6.07) is 7.90. The molecule has 0 unspecified atom stereocenters. The van der Waals surface area contributed by atoms with Crippen LogP contribution in [0.2, 0.25) is 5.02 Å². The van der Waals surface area contributed by atoms with Gasteiger partial charge in [-0.25, -0.2) is 0 Å². The second kappa shape index (κ2) is 6.88. The van der Waals surface area contributed by atoms with Gasteiger partial charge in [-0.1, -0.05) is 29.8 Å². The van der Waals surface area contributed by atoms with E-state index in [-0.39, 0.29) is 5.91 Å². The molecule has 2 aromatic rings. The molecule has 22 heavy (non-hydrogen) atoms. The molecule has 4 nitrogen and oxygen atoms in total. The fourth-order valence-corrected chi connectivity index (χ4v) is 3.19. The van der Waals surface area contributed by atoms with E-state index in [1.807, 2.05) is 23.1 Å². The first-order valence-corrected chi connectivity index (χ1v) is 7.89. The molecule has 1 aromatic heterocycles. The van der Waals surface area contributed by atoms with E-state index >= 15 is 0 Å². The predicted molar refractivity (Wildman–Crippen MR) is 85.7 cm³/mol. The van der Waals surface area contributed by atoms with Crippen LogP contribution in [0.3, 0.4) is 0 Å². The maximum Gasteiger partial charge on any atom is 0.222 e. The fraction of sp³-hybridized carbons (Fsp3) is 0.353. The number of rotatable bonds is 4. The van der Waals surface area contributed by atoms with Crippen LogP contribution in [-0.2, 0) is 11.2 Å². The molecule has 0 bridgehead atoms. The Hall–Kier alpha value is -1.94. The highest BCUT2D eigenvalue weighted by Crippen LogP contribution is 2.32. The summed E-state index contributed by atoms with van der Waals surface area (Å²) in [4.78, 5) is 22.5. The summed E-state index contributed by atoms with van der Waals surface area (Å²) in [5, 5.41) is 0.793. The van der Waals surface area contributed by atoms with Gasteiger partial charge in [-0.05, 0) is 24.5 Å². The number of likely N-dealkylation sites (tertiary alicyclic amines) is 1. The zero-order chi connectivity index (χ0) is 15.4. The van der Waals surface area contributed by atoms with Crippen molar-refractivity contribution in [3.63, 3.8) is 0 Å². The summed E-state index contributed by atoms with van der Waals surface area (Å²) >= 11 is 6.25. The Labute approximate surface area is 135 Å². The maximum absolute atomic E-state index is 12.3. The van der Waals surface area contributed by atoms with Crippen LogP contribution >= 0.6 is 11.6 Å². The van der Waals surface area contributed by atoms with Crippen molar-refractivity contribution in [2.24, 2.45) is 0 Å². The van der Waals surface area contributed by atoms with Gasteiger partial charge in [-0.3, -0.25) is 14.8 Å². The fourth-order valence-electron chi connectivity index (χ4n) is 2.90. The van der Waals surface area contributed by atoms with E-state index in [2.05, 4.69) is 16.0 Å². The number of carbonyl (C=O) groups is 1. The Bertz CT molecular complexity index is 647. The van der Waals surface area contributed by atoms with Gasteiger partial charge in [0.1, 0.15) is 0 Å². The van der Waals surface area contributed by atoms with Crippen molar-refractivity contribution >= 4 is 17.5 Å². The van der Waals surface area contributed by atoms with Crippen LogP contribution in [0.5, 0.6) is 0 Å². The number of aromatic nitrogens is 2. The van der Waals surface area contributed by atoms with Gasteiger partial charge in [0.25, 0.3) is 0 Å². The molecule has 1 saturated heterocycles. The molecule has 1 atom stereocenters. The maximum atomic E-state index is 12.3. The molecule has 1 aliphatic heterocycles. The summed E-state index contributed by atoms with van der Waals surface area (Å²) in [6.45, 7) is 1.55. The van der Waals surface area contributed by atoms with Gasteiger partial charge >= 0.3 is 0 Å². The highest BCUT2D eigenvalue weighted by Gasteiger charge is 2.28. The first kappa shape index (κ1) is 15.0. The molecule has 0 spiro atoms. The molecular weight excluding hydrogens is 298 g/mol. The largest absolute Gasteiger partial charge is 0.342 e. The monoisotopic (exact) mass is 315 g/mol. The average molecular weight is 316 g/mol. The Morgan fingerprint density at radius 1 is 1.32 bits per heavy atom. The highest BCUT2D eigenvalue weighted by molar-refractivity contribution is 6.31. The second-order valence-corrected chi connectivity index (χ2v) is 5.95. The van der Waals surface area contributed by atoms with Gasteiger partial charge in [-0.2, -0.15) is 0 Å². The SMILES string of the molecule is O=C(CCc1cnccn1)N1CC[C@H](c2ccccc2Cl)C1. The van der Waals surface area contributed by atoms with Crippen molar-refractivity contribution in [3.8, 4) is 0 Å². The first-order chi connectivity index (χ1) is 10.7. The third-order valence-electron chi connectivity index (χ3n) is 4.10. The van der Waals surface area contributed by atoms with Crippen molar-refractivity contribution in [2.45, 2.75) is 25.2 Å². The van der Waals surface area contributed by atoms with Crippen molar-refractivity contribution < 1.29 is 4.79 Å². The minimum Gasteiger partial charge on any atom is -0.342 e. The lowest BCUT2D eigenvalue weighted by Gasteiger charge is -2.17. The number of hydrogen-bond acceptors (Lipinski definition) is 3. The lowest BCUT2D eigenvalue weighted by atomic mass is 9.98. The number of hydrogen-bond donors (Lipinski definition) is 0. The third kappa shape index (κ3) is 3.45. The first-order valence-electron chi connectivity index (χ1n) is 7.51. The van der Waals surface area contributed by atoms with Gasteiger partial charge in [0, 0.05) is 49.0 Å². The van der Waals surface area contributed by atoms with Gasteiger partial charge in [0.2, 0.25) is 5.91 Å². The average Bonchev–Trinajstić information content (AvgIpc) is 3.04. The lowest BCUT2D eigenvalue weighted by molar-refractivity contribution is -0.130. The highest BCUT2D eigenvalue weighted by atomic mass is 35.5. The van der Waals surface area contributed by atoms with Crippen LogP contribution in [0.1, 0.15) is 30.0 Å². The Morgan fingerprint density at radius 3 is 2.95 bits per heavy atom. The van der Waals surface area contributed by atoms with E-state index in [0.29, 0.717) is 18.8 Å². The number of benzene rings is 1. The van der Waals surface area contributed by atoms with Gasteiger partial charge in [0.15, 0.2) is 0 Å². The number of amides is 1. The number of aryl methyl sites for hydroxylation is 1. The second-order valence-electron chi connectivity index (χ2n) is 5.54. The Balaban J connectivity index is 1.56. The standard InChI is InChI=1S/C17H18ClN3O/c18-16-4-2-1-3-15(16)13-7-10-21(12-13)17(22)6-5-14-11-19-8-9-20-14/h1-4,8-9,11,13H,5-7,10,12H2/t13-/m0/s1. The van der Waals surface area contributed by atoms with Crippen molar-refractivity contribution in [1.82, 2.24) is 14.9 Å². The molecule has 3 rings (SSSR count). The summed E-state index contributed by atoms with van der Waals surface area (Å²) in [5.74, 6) is 0.523. The zero-order valence-corrected chi connectivity index (χ0v) is 13.0. The summed E-state index contributed by atoms with van der Waals surface area (Å²) in [6.07, 6.45) is 7.10. The quantitative estimate of drug-likeness (QED) is 0.871. The van der Waals surface area contributed by atoms with E-state index in [4.69, 9.17) is 11.6 Å². The smallest absolute Gasteiger partial charge is 0.222 e. The Morgan fingerprint density at radius 2 is 2.18 bits per heavy atom. The van der Waals surface area contributed by atoms with Crippen LogP contribution in [-0.4, -0.2) is 33.9 Å². The molecule has 1 fully saturated rings. The number of halogens is 1. The number of carbonyl (C=O) groups excluding carboxylic acids is 1. The molecule has 0 aliphatic carbocycles. The lowest BCUT2D eigenvalue weighted by Crippen LogP contribution is -2.28. The van der Waals surface area contributed by atoms with Crippen LogP contribution in [0.15, 0.2) is 42.9 Å². The molecule has 0 saturated carbocycles. The predicted octanol–water partition coefficient (Wildman–Crippen LogP) is 3.08.